The average Bonchev–Trinajstić information content (AvgIpc) is 3.48. The van der Waals surface area contributed by atoms with E-state index in [1.807, 2.05) is 43.0 Å². The van der Waals surface area contributed by atoms with Crippen LogP contribution in [0.5, 0.6) is 0 Å². The van der Waals surface area contributed by atoms with Crippen LogP contribution in [0.15, 0.2) is 67.3 Å². The maximum absolute atomic E-state index is 9.24. The van der Waals surface area contributed by atoms with Crippen LogP contribution >= 0.6 is 0 Å². The molecule has 3 aromatic heterocycles. The summed E-state index contributed by atoms with van der Waals surface area (Å²) in [5.74, 6) is 0. The monoisotopic (exact) mass is 418 g/mol. The quantitative estimate of drug-likeness (QED) is 0.430. The van der Waals surface area contributed by atoms with Crippen molar-refractivity contribution in [3.63, 3.8) is 0 Å². The average molecular weight is 419 g/mol. The SMILES string of the molecule is N#Cc1cccc(-c2cnc3[nH]cc(-c4ccc5ncn(C6CCCNC6)c5c4)c3c2)c1. The van der Waals surface area contributed by atoms with Gasteiger partial charge in [0.2, 0.25) is 0 Å². The van der Waals surface area contributed by atoms with Gasteiger partial charge in [-0.1, -0.05) is 18.2 Å². The number of benzene rings is 2. The number of pyridine rings is 1. The third-order valence-electron chi connectivity index (χ3n) is 6.41. The number of aromatic nitrogens is 4. The molecule has 1 saturated heterocycles. The van der Waals surface area contributed by atoms with Gasteiger partial charge in [-0.3, -0.25) is 0 Å². The van der Waals surface area contributed by atoms with E-state index in [1.165, 1.54) is 12.8 Å². The van der Waals surface area contributed by atoms with Crippen molar-refractivity contribution in [1.82, 2.24) is 24.8 Å². The fourth-order valence-electron chi connectivity index (χ4n) is 4.72. The lowest BCUT2D eigenvalue weighted by Crippen LogP contribution is -2.31. The molecule has 1 aliphatic heterocycles. The number of hydrogen-bond acceptors (Lipinski definition) is 4. The van der Waals surface area contributed by atoms with E-state index in [9.17, 15) is 5.26 Å². The molecular weight excluding hydrogens is 396 g/mol. The topological polar surface area (TPSA) is 82.3 Å². The number of hydrogen-bond donors (Lipinski definition) is 2. The van der Waals surface area contributed by atoms with Gasteiger partial charge in [-0.15, -0.1) is 0 Å². The van der Waals surface area contributed by atoms with Gasteiger partial charge >= 0.3 is 0 Å². The van der Waals surface area contributed by atoms with E-state index in [-0.39, 0.29) is 0 Å². The summed E-state index contributed by atoms with van der Waals surface area (Å²) in [5, 5.41) is 13.8. The minimum absolute atomic E-state index is 0.438. The Morgan fingerprint density at radius 1 is 1.03 bits per heavy atom. The maximum Gasteiger partial charge on any atom is 0.137 e. The van der Waals surface area contributed by atoms with Gasteiger partial charge in [0, 0.05) is 41.5 Å². The molecule has 6 rings (SSSR count). The van der Waals surface area contributed by atoms with Crippen molar-refractivity contribution < 1.29 is 0 Å². The second-order valence-electron chi connectivity index (χ2n) is 8.37. The van der Waals surface area contributed by atoms with Crippen molar-refractivity contribution in [1.29, 1.82) is 5.26 Å². The number of nitriles is 1. The summed E-state index contributed by atoms with van der Waals surface area (Å²) in [4.78, 5) is 12.6. The van der Waals surface area contributed by atoms with Crippen LogP contribution in [0.1, 0.15) is 24.4 Å². The molecule has 2 aromatic carbocycles. The molecule has 0 radical (unpaired) electrons. The zero-order chi connectivity index (χ0) is 21.5. The summed E-state index contributed by atoms with van der Waals surface area (Å²) in [7, 11) is 0. The first kappa shape index (κ1) is 18.8. The second-order valence-corrected chi connectivity index (χ2v) is 8.37. The first-order valence-corrected chi connectivity index (χ1v) is 11.0. The number of H-pyrrole nitrogens is 1. The van der Waals surface area contributed by atoms with Gasteiger partial charge in [0.25, 0.3) is 0 Å². The Bertz CT molecular complexity index is 1480. The number of imidazole rings is 1. The molecule has 6 heteroatoms. The maximum atomic E-state index is 9.24. The fraction of sp³-hybridized carbons (Fsp3) is 0.192. The van der Waals surface area contributed by atoms with Gasteiger partial charge in [-0.25, -0.2) is 9.97 Å². The molecule has 1 unspecified atom stereocenters. The third kappa shape index (κ3) is 3.15. The molecule has 1 aliphatic rings. The Balaban J connectivity index is 1.45. The molecule has 156 valence electrons. The molecule has 0 aliphatic carbocycles. The van der Waals surface area contributed by atoms with E-state index in [0.717, 1.165) is 57.4 Å². The van der Waals surface area contributed by atoms with E-state index >= 15 is 0 Å². The molecule has 0 amide bonds. The summed E-state index contributed by atoms with van der Waals surface area (Å²) >= 11 is 0. The number of piperidine rings is 1. The standard InChI is InChI=1S/C26H22N6/c27-12-17-3-1-4-18(9-17)20-10-22-23(15-30-26(22)29-13-20)19-6-7-24-25(11-19)32(16-31-24)21-5-2-8-28-14-21/h1,3-4,6-7,9-11,13,15-16,21,28H,2,5,8,14H2,(H,29,30). The molecule has 0 saturated carbocycles. The number of fused-ring (bicyclic) bond motifs is 2. The number of nitrogens with zero attached hydrogens (tertiary/aromatic N) is 4. The first-order valence-electron chi connectivity index (χ1n) is 11.0. The fourth-order valence-corrected chi connectivity index (χ4v) is 4.72. The molecule has 4 heterocycles. The van der Waals surface area contributed by atoms with Crippen molar-refractivity contribution >= 4 is 22.1 Å². The van der Waals surface area contributed by atoms with E-state index in [4.69, 9.17) is 0 Å². The molecule has 32 heavy (non-hydrogen) atoms. The van der Waals surface area contributed by atoms with Crippen LogP contribution in [0.3, 0.4) is 0 Å². The number of aromatic amines is 1. The Hall–Kier alpha value is -3.95. The lowest BCUT2D eigenvalue weighted by molar-refractivity contribution is 0.378. The highest BCUT2D eigenvalue weighted by Gasteiger charge is 2.18. The van der Waals surface area contributed by atoms with Crippen LogP contribution in [-0.4, -0.2) is 32.6 Å². The van der Waals surface area contributed by atoms with Crippen LogP contribution < -0.4 is 5.32 Å². The molecule has 1 fully saturated rings. The Morgan fingerprint density at radius 3 is 2.88 bits per heavy atom. The highest BCUT2D eigenvalue weighted by atomic mass is 15.1. The normalized spacial score (nSPS) is 16.4. The molecular formula is C26H22N6. The Kier molecular flexibility index (Phi) is 4.48. The molecule has 1 atom stereocenters. The number of nitrogens with one attached hydrogen (secondary N) is 2. The molecule has 2 N–H and O–H groups in total. The number of rotatable bonds is 3. The highest BCUT2D eigenvalue weighted by molar-refractivity contribution is 5.97. The van der Waals surface area contributed by atoms with E-state index in [0.29, 0.717) is 11.6 Å². The first-order chi connectivity index (χ1) is 15.8. The van der Waals surface area contributed by atoms with Crippen molar-refractivity contribution in [2.75, 3.05) is 13.1 Å². The summed E-state index contributed by atoms with van der Waals surface area (Å²) in [5.41, 5.74) is 7.92. The highest BCUT2D eigenvalue weighted by Crippen LogP contribution is 2.33. The van der Waals surface area contributed by atoms with E-state index < -0.39 is 0 Å². The Labute approximate surface area is 185 Å². The largest absolute Gasteiger partial charge is 0.346 e. The van der Waals surface area contributed by atoms with Crippen LogP contribution in [-0.2, 0) is 0 Å². The molecule has 0 bridgehead atoms. The van der Waals surface area contributed by atoms with Crippen molar-refractivity contribution in [3.8, 4) is 28.3 Å². The summed E-state index contributed by atoms with van der Waals surface area (Å²) in [6.07, 6.45) is 8.21. The van der Waals surface area contributed by atoms with Gasteiger partial charge in [-0.05, 0) is 60.8 Å². The second kappa shape index (κ2) is 7.63. The lowest BCUT2D eigenvalue weighted by Gasteiger charge is -2.24. The van der Waals surface area contributed by atoms with Gasteiger partial charge in [0.05, 0.1) is 29.0 Å². The van der Waals surface area contributed by atoms with Crippen molar-refractivity contribution in [2.24, 2.45) is 0 Å². The predicted molar refractivity (Wildman–Crippen MR) is 126 cm³/mol. The zero-order valence-electron chi connectivity index (χ0n) is 17.5. The third-order valence-corrected chi connectivity index (χ3v) is 6.41. The molecule has 5 aromatic rings. The van der Waals surface area contributed by atoms with Crippen molar-refractivity contribution in [2.45, 2.75) is 18.9 Å². The van der Waals surface area contributed by atoms with Gasteiger partial charge in [0.1, 0.15) is 5.65 Å². The smallest absolute Gasteiger partial charge is 0.137 e. The van der Waals surface area contributed by atoms with E-state index in [2.05, 4.69) is 55.2 Å². The summed E-state index contributed by atoms with van der Waals surface area (Å²) in [6, 6.07) is 18.9. The molecule has 0 spiro atoms. The zero-order valence-corrected chi connectivity index (χ0v) is 17.5. The minimum Gasteiger partial charge on any atom is -0.346 e. The van der Waals surface area contributed by atoms with Gasteiger partial charge in [-0.2, -0.15) is 5.26 Å². The van der Waals surface area contributed by atoms with Crippen LogP contribution in [0.4, 0.5) is 0 Å². The lowest BCUT2D eigenvalue weighted by atomic mass is 10.0. The van der Waals surface area contributed by atoms with Gasteiger partial charge < -0.3 is 14.9 Å². The summed E-state index contributed by atoms with van der Waals surface area (Å²) < 4.78 is 2.32. The molecule has 6 nitrogen and oxygen atoms in total. The van der Waals surface area contributed by atoms with Crippen LogP contribution in [0, 0.1) is 11.3 Å². The van der Waals surface area contributed by atoms with Crippen LogP contribution in [0.2, 0.25) is 0 Å². The van der Waals surface area contributed by atoms with Crippen LogP contribution in [0.25, 0.3) is 44.3 Å². The minimum atomic E-state index is 0.438. The predicted octanol–water partition coefficient (Wildman–Crippen LogP) is 5.04. The van der Waals surface area contributed by atoms with Gasteiger partial charge in [0.15, 0.2) is 0 Å². The van der Waals surface area contributed by atoms with Crippen molar-refractivity contribution in [3.05, 3.63) is 72.8 Å². The Morgan fingerprint density at radius 2 is 2.00 bits per heavy atom. The van der Waals surface area contributed by atoms with E-state index in [1.54, 1.807) is 0 Å². The summed E-state index contributed by atoms with van der Waals surface area (Å²) in [6.45, 7) is 2.08.